The maximum atomic E-state index is 10.2. The molecule has 4 heteroatoms. The number of carboxylic acids is 1. The van der Waals surface area contributed by atoms with E-state index in [1.54, 1.807) is 12.3 Å². The highest BCUT2D eigenvalue weighted by atomic mass is 32.2. The molecule has 68 valence electrons. The van der Waals surface area contributed by atoms with Gasteiger partial charge in [-0.3, -0.25) is 4.79 Å². The average Bonchev–Trinajstić information content (AvgIpc) is 1.98. The minimum atomic E-state index is -1.01. The van der Waals surface area contributed by atoms with Gasteiger partial charge < -0.3 is 10.2 Å². The molecule has 0 radical (unpaired) electrons. The Labute approximate surface area is 75.8 Å². The first-order chi connectivity index (χ1) is 5.61. The molecule has 12 heavy (non-hydrogen) atoms. The van der Waals surface area contributed by atoms with Crippen molar-refractivity contribution in [3.8, 4) is 0 Å². The Bertz CT molecular complexity index is 198. The molecule has 0 rings (SSSR count). The predicted molar refractivity (Wildman–Crippen MR) is 50.1 cm³/mol. The van der Waals surface area contributed by atoms with E-state index in [1.165, 1.54) is 17.8 Å². The van der Waals surface area contributed by atoms with Gasteiger partial charge in [-0.1, -0.05) is 18.7 Å². The zero-order valence-corrected chi connectivity index (χ0v) is 7.67. The van der Waals surface area contributed by atoms with Gasteiger partial charge in [0.25, 0.3) is 0 Å². The fourth-order valence-corrected chi connectivity index (χ4v) is 1.29. The van der Waals surface area contributed by atoms with Crippen molar-refractivity contribution in [2.24, 2.45) is 0 Å². The third-order valence-electron chi connectivity index (χ3n) is 1.21. The summed E-state index contributed by atoms with van der Waals surface area (Å²) in [6.07, 6.45) is 3.73. The molecular weight excluding hydrogens is 176 g/mol. The van der Waals surface area contributed by atoms with E-state index < -0.39 is 12.1 Å². The Morgan fingerprint density at radius 2 is 2.33 bits per heavy atom. The highest BCUT2D eigenvalue weighted by Gasteiger charge is 2.12. The molecular formula is C8H12O3S. The van der Waals surface area contributed by atoms with Gasteiger partial charge in [-0.05, 0) is 6.26 Å². The number of carbonyl (C=O) groups is 1. The first-order valence-electron chi connectivity index (χ1n) is 3.38. The van der Waals surface area contributed by atoms with Crippen LogP contribution >= 0.6 is 11.8 Å². The molecule has 0 amide bonds. The van der Waals surface area contributed by atoms with E-state index in [2.05, 4.69) is 6.58 Å². The molecule has 3 nitrogen and oxygen atoms in total. The third-order valence-corrected chi connectivity index (χ3v) is 2.09. The van der Waals surface area contributed by atoms with Gasteiger partial charge in [-0.25, -0.2) is 0 Å². The van der Waals surface area contributed by atoms with Gasteiger partial charge in [0.15, 0.2) is 0 Å². The molecule has 0 aliphatic carbocycles. The van der Waals surface area contributed by atoms with Crippen LogP contribution in [0.25, 0.3) is 0 Å². The summed E-state index contributed by atoms with van der Waals surface area (Å²) in [7, 11) is 0. The fourth-order valence-electron chi connectivity index (χ4n) is 0.697. The maximum Gasteiger partial charge on any atom is 0.306 e. The molecule has 0 aliphatic heterocycles. The Hall–Kier alpha value is -0.740. The number of allylic oxidation sites excluding steroid dienone is 2. The van der Waals surface area contributed by atoms with Gasteiger partial charge in [0.2, 0.25) is 0 Å². The van der Waals surface area contributed by atoms with Crippen molar-refractivity contribution in [3.63, 3.8) is 0 Å². The number of aliphatic hydroxyl groups excluding tert-OH is 1. The molecule has 0 aromatic rings. The van der Waals surface area contributed by atoms with Crippen molar-refractivity contribution in [2.75, 3.05) is 6.26 Å². The number of thioether (sulfide) groups is 1. The predicted octanol–water partition coefficient (Wildman–Crippen LogP) is 1.25. The summed E-state index contributed by atoms with van der Waals surface area (Å²) < 4.78 is 0. The second-order valence-electron chi connectivity index (χ2n) is 2.12. The largest absolute Gasteiger partial charge is 0.481 e. The summed E-state index contributed by atoms with van der Waals surface area (Å²) in [5, 5.41) is 17.7. The van der Waals surface area contributed by atoms with Crippen molar-refractivity contribution < 1.29 is 15.0 Å². The normalized spacial score (nSPS) is 14.0. The summed E-state index contributed by atoms with van der Waals surface area (Å²) >= 11 is 1.32. The average molecular weight is 188 g/mol. The summed E-state index contributed by atoms with van der Waals surface area (Å²) in [4.78, 5) is 10.8. The lowest BCUT2D eigenvalue weighted by atomic mass is 10.2. The lowest BCUT2D eigenvalue weighted by Crippen LogP contribution is -2.13. The Kier molecular flexibility index (Phi) is 5.49. The zero-order chi connectivity index (χ0) is 9.56. The molecule has 0 fully saturated rings. The van der Waals surface area contributed by atoms with E-state index in [0.29, 0.717) is 4.91 Å². The molecule has 0 spiro atoms. The van der Waals surface area contributed by atoms with Crippen LogP contribution in [0.1, 0.15) is 6.42 Å². The molecule has 0 saturated heterocycles. The SMILES string of the molecule is C=C/C=C(\SC)C(O)CC(=O)O. The molecule has 0 bridgehead atoms. The monoisotopic (exact) mass is 188 g/mol. The van der Waals surface area contributed by atoms with Gasteiger partial charge in [-0.15, -0.1) is 11.8 Å². The number of hydrogen-bond acceptors (Lipinski definition) is 3. The quantitative estimate of drug-likeness (QED) is 0.638. The highest BCUT2D eigenvalue weighted by Crippen LogP contribution is 2.18. The minimum absolute atomic E-state index is 0.263. The standard InChI is InChI=1S/C8H12O3S/c1-3-4-7(12-2)6(9)5-8(10)11/h3-4,6,9H,1,5H2,2H3,(H,10,11)/b7-4-. The molecule has 0 aromatic carbocycles. The van der Waals surface area contributed by atoms with Crippen molar-refractivity contribution in [1.29, 1.82) is 0 Å². The summed E-state index contributed by atoms with van der Waals surface area (Å²) in [5.74, 6) is -1.01. The van der Waals surface area contributed by atoms with E-state index in [-0.39, 0.29) is 6.42 Å². The molecule has 2 N–H and O–H groups in total. The lowest BCUT2D eigenvalue weighted by molar-refractivity contribution is -0.138. The van der Waals surface area contributed by atoms with E-state index in [0.717, 1.165) is 0 Å². The number of carboxylic acid groups (broad SMARTS) is 1. The first kappa shape index (κ1) is 11.3. The lowest BCUT2D eigenvalue weighted by Gasteiger charge is -2.09. The fraction of sp³-hybridized carbons (Fsp3) is 0.375. The Balaban J connectivity index is 4.21. The van der Waals surface area contributed by atoms with Crippen LogP contribution in [0, 0.1) is 0 Å². The van der Waals surface area contributed by atoms with Gasteiger partial charge in [0, 0.05) is 4.91 Å². The van der Waals surface area contributed by atoms with E-state index in [9.17, 15) is 9.90 Å². The minimum Gasteiger partial charge on any atom is -0.481 e. The molecule has 1 atom stereocenters. The van der Waals surface area contributed by atoms with Gasteiger partial charge in [0.1, 0.15) is 0 Å². The van der Waals surface area contributed by atoms with Crippen LogP contribution in [0.2, 0.25) is 0 Å². The van der Waals surface area contributed by atoms with Gasteiger partial charge in [0.05, 0.1) is 12.5 Å². The zero-order valence-electron chi connectivity index (χ0n) is 6.86. The summed E-state index contributed by atoms with van der Waals surface area (Å²) in [6, 6.07) is 0. The molecule has 0 aromatic heterocycles. The van der Waals surface area contributed by atoms with E-state index >= 15 is 0 Å². The van der Waals surface area contributed by atoms with Crippen LogP contribution in [-0.4, -0.2) is 28.5 Å². The smallest absolute Gasteiger partial charge is 0.306 e. The van der Waals surface area contributed by atoms with Gasteiger partial charge >= 0.3 is 5.97 Å². The first-order valence-corrected chi connectivity index (χ1v) is 4.60. The number of aliphatic carboxylic acids is 1. The topological polar surface area (TPSA) is 57.5 Å². The second kappa shape index (κ2) is 5.85. The molecule has 0 saturated carbocycles. The van der Waals surface area contributed by atoms with Crippen LogP contribution in [0.3, 0.4) is 0 Å². The van der Waals surface area contributed by atoms with Crippen LogP contribution in [-0.2, 0) is 4.79 Å². The molecule has 0 aliphatic rings. The number of rotatable bonds is 5. The van der Waals surface area contributed by atoms with Crippen molar-refractivity contribution in [2.45, 2.75) is 12.5 Å². The Morgan fingerprint density at radius 3 is 2.67 bits per heavy atom. The van der Waals surface area contributed by atoms with Crippen molar-refractivity contribution >= 4 is 17.7 Å². The van der Waals surface area contributed by atoms with Crippen molar-refractivity contribution in [3.05, 3.63) is 23.6 Å². The van der Waals surface area contributed by atoms with Crippen molar-refractivity contribution in [1.82, 2.24) is 0 Å². The van der Waals surface area contributed by atoms with Gasteiger partial charge in [-0.2, -0.15) is 0 Å². The molecule has 1 unspecified atom stereocenters. The van der Waals surface area contributed by atoms with Crippen LogP contribution in [0.4, 0.5) is 0 Å². The summed E-state index contributed by atoms with van der Waals surface area (Å²) in [6.45, 7) is 3.46. The second-order valence-corrected chi connectivity index (χ2v) is 3.00. The maximum absolute atomic E-state index is 10.2. The van der Waals surface area contributed by atoms with E-state index in [1.807, 2.05) is 0 Å². The summed E-state index contributed by atoms with van der Waals surface area (Å²) in [5.41, 5.74) is 0. The number of aliphatic hydroxyl groups is 1. The van der Waals surface area contributed by atoms with Crippen LogP contribution in [0.15, 0.2) is 23.6 Å². The third kappa shape index (κ3) is 4.20. The molecule has 0 heterocycles. The van der Waals surface area contributed by atoms with Crippen LogP contribution in [0.5, 0.6) is 0 Å². The number of hydrogen-bond donors (Lipinski definition) is 2. The highest BCUT2D eigenvalue weighted by molar-refractivity contribution is 8.02. The Morgan fingerprint density at radius 1 is 1.75 bits per heavy atom. The van der Waals surface area contributed by atoms with Crippen LogP contribution < -0.4 is 0 Å². The van der Waals surface area contributed by atoms with E-state index in [4.69, 9.17) is 5.11 Å².